The van der Waals surface area contributed by atoms with Crippen molar-refractivity contribution < 1.29 is 13.2 Å². The van der Waals surface area contributed by atoms with Crippen LogP contribution >= 0.6 is 34.8 Å². The van der Waals surface area contributed by atoms with Gasteiger partial charge in [-0.05, 0) is 25.0 Å². The average Bonchev–Trinajstić information content (AvgIpc) is 2.71. The number of aryl methyl sites for hydroxylation is 1. The molecule has 0 spiro atoms. The third-order valence-electron chi connectivity index (χ3n) is 3.41. The second kappa shape index (κ2) is 5.95. The van der Waals surface area contributed by atoms with E-state index in [0.29, 0.717) is 12.1 Å². The van der Waals surface area contributed by atoms with Gasteiger partial charge >= 0.3 is 0 Å². The number of carbonyl (C=O) groups is 1. The summed E-state index contributed by atoms with van der Waals surface area (Å²) in [5, 5.41) is 0. The molecule has 116 valence electrons. The summed E-state index contributed by atoms with van der Waals surface area (Å²) in [6, 6.07) is 6.60. The molecule has 1 saturated heterocycles. The molecular weight excluding hydrogens is 357 g/mol. The summed E-state index contributed by atoms with van der Waals surface area (Å²) in [5.41, 5.74) is 1.38. The summed E-state index contributed by atoms with van der Waals surface area (Å²) in [6.45, 7) is 1.82. The van der Waals surface area contributed by atoms with Gasteiger partial charge in [0.2, 0.25) is 0 Å². The summed E-state index contributed by atoms with van der Waals surface area (Å²) >= 11 is 17.2. The average molecular weight is 371 g/mol. The number of anilines is 1. The van der Waals surface area contributed by atoms with Crippen LogP contribution in [0.2, 0.25) is 0 Å². The number of rotatable bonds is 2. The smallest absolute Gasteiger partial charge is 0.279 e. The number of hydrogen-bond acceptors (Lipinski definition) is 3. The van der Waals surface area contributed by atoms with Crippen LogP contribution in [-0.2, 0) is 14.6 Å². The van der Waals surface area contributed by atoms with Crippen molar-refractivity contribution in [1.29, 1.82) is 0 Å². The number of nitrogens with zero attached hydrogens (tertiary/aromatic N) is 1. The highest BCUT2D eigenvalue weighted by atomic mass is 35.6. The van der Waals surface area contributed by atoms with Gasteiger partial charge in [-0.2, -0.15) is 0 Å². The van der Waals surface area contributed by atoms with Gasteiger partial charge in [0.25, 0.3) is 9.70 Å². The molecule has 21 heavy (non-hydrogen) atoms. The second-order valence-corrected chi connectivity index (χ2v) is 9.53. The molecule has 1 aromatic rings. The number of carbonyl (C=O) groups excluding carboxylic acids is 1. The Balaban J connectivity index is 2.46. The first-order valence-electron chi connectivity index (χ1n) is 6.28. The molecule has 8 heteroatoms. The van der Waals surface area contributed by atoms with Crippen LogP contribution < -0.4 is 4.90 Å². The molecule has 2 rings (SSSR count). The minimum atomic E-state index is -3.16. The minimum Gasteiger partial charge on any atom is -0.304 e. The Hall–Kier alpha value is -0.490. The van der Waals surface area contributed by atoms with Crippen LogP contribution in [0, 0.1) is 6.92 Å². The fourth-order valence-corrected chi connectivity index (χ4v) is 4.39. The molecule has 1 unspecified atom stereocenters. The highest BCUT2D eigenvalue weighted by Gasteiger charge is 2.43. The van der Waals surface area contributed by atoms with Gasteiger partial charge in [-0.15, -0.1) is 0 Å². The van der Waals surface area contributed by atoms with Crippen LogP contribution in [0.3, 0.4) is 0 Å². The fourth-order valence-electron chi connectivity index (χ4n) is 2.42. The van der Waals surface area contributed by atoms with Crippen LogP contribution in [-0.4, -0.2) is 35.7 Å². The molecule has 0 aliphatic carbocycles. The van der Waals surface area contributed by atoms with Crippen molar-refractivity contribution in [2.75, 3.05) is 16.4 Å². The van der Waals surface area contributed by atoms with Crippen LogP contribution in [0.15, 0.2) is 24.3 Å². The van der Waals surface area contributed by atoms with Crippen molar-refractivity contribution in [3.8, 4) is 0 Å². The predicted molar refractivity (Wildman–Crippen MR) is 86.0 cm³/mol. The van der Waals surface area contributed by atoms with E-state index in [1.54, 1.807) is 12.1 Å². The summed E-state index contributed by atoms with van der Waals surface area (Å²) in [6.07, 6.45) is 0.336. The van der Waals surface area contributed by atoms with E-state index < -0.39 is 25.6 Å². The van der Waals surface area contributed by atoms with Gasteiger partial charge in [-0.3, -0.25) is 4.79 Å². The Morgan fingerprint density at radius 2 is 1.90 bits per heavy atom. The van der Waals surface area contributed by atoms with Crippen molar-refractivity contribution in [2.45, 2.75) is 23.2 Å². The van der Waals surface area contributed by atoms with E-state index in [1.807, 2.05) is 19.1 Å². The van der Waals surface area contributed by atoms with Gasteiger partial charge in [0.1, 0.15) is 0 Å². The second-order valence-electron chi connectivity index (χ2n) is 5.02. The van der Waals surface area contributed by atoms with Gasteiger partial charge in [0.05, 0.1) is 17.5 Å². The molecule has 1 fully saturated rings. The molecule has 4 nitrogen and oxygen atoms in total. The number of hydrogen-bond donors (Lipinski definition) is 0. The third kappa shape index (κ3) is 3.83. The number of benzene rings is 1. The Kier molecular flexibility index (Phi) is 4.78. The number of para-hydroxylation sites is 1. The Morgan fingerprint density at radius 3 is 2.38 bits per heavy atom. The lowest BCUT2D eigenvalue weighted by Crippen LogP contribution is -2.47. The molecule has 0 N–H and O–H groups in total. The first-order chi connectivity index (χ1) is 9.62. The van der Waals surface area contributed by atoms with Crippen LogP contribution in [0.4, 0.5) is 5.69 Å². The molecule has 0 bridgehead atoms. The van der Waals surface area contributed by atoms with E-state index in [2.05, 4.69) is 0 Å². The Bertz CT molecular complexity index is 655. The zero-order chi connectivity index (χ0) is 15.8. The molecule has 1 heterocycles. The van der Waals surface area contributed by atoms with Gasteiger partial charge in [0.15, 0.2) is 9.84 Å². The zero-order valence-electron chi connectivity index (χ0n) is 11.2. The van der Waals surface area contributed by atoms with E-state index in [4.69, 9.17) is 34.8 Å². The van der Waals surface area contributed by atoms with Crippen LogP contribution in [0.1, 0.15) is 12.0 Å². The first kappa shape index (κ1) is 16.9. The van der Waals surface area contributed by atoms with E-state index in [9.17, 15) is 13.2 Å². The van der Waals surface area contributed by atoms with E-state index in [-0.39, 0.29) is 11.5 Å². The quantitative estimate of drug-likeness (QED) is 0.752. The van der Waals surface area contributed by atoms with E-state index >= 15 is 0 Å². The molecule has 1 amide bonds. The van der Waals surface area contributed by atoms with E-state index in [1.165, 1.54) is 4.90 Å². The summed E-state index contributed by atoms with van der Waals surface area (Å²) < 4.78 is 21.3. The molecule has 0 saturated carbocycles. The van der Waals surface area contributed by atoms with Gasteiger partial charge < -0.3 is 4.90 Å². The Morgan fingerprint density at radius 1 is 1.29 bits per heavy atom. The monoisotopic (exact) mass is 369 g/mol. The van der Waals surface area contributed by atoms with Crippen molar-refractivity contribution in [2.24, 2.45) is 0 Å². The summed E-state index contributed by atoms with van der Waals surface area (Å²) in [5.74, 6) is -0.815. The van der Waals surface area contributed by atoms with Crippen molar-refractivity contribution in [3.05, 3.63) is 29.8 Å². The molecule has 1 atom stereocenters. The lowest BCUT2D eigenvalue weighted by atomic mass is 10.1. The largest absolute Gasteiger partial charge is 0.304 e. The van der Waals surface area contributed by atoms with Gasteiger partial charge in [-0.1, -0.05) is 53.0 Å². The topological polar surface area (TPSA) is 54.5 Å². The first-order valence-corrected chi connectivity index (χ1v) is 9.24. The van der Waals surface area contributed by atoms with Gasteiger partial charge in [-0.25, -0.2) is 8.42 Å². The Labute approximate surface area is 138 Å². The number of alkyl halides is 3. The summed E-state index contributed by atoms with van der Waals surface area (Å²) in [7, 11) is -3.16. The molecule has 0 aromatic heterocycles. The van der Waals surface area contributed by atoms with Crippen LogP contribution in [0.5, 0.6) is 0 Å². The maximum Gasteiger partial charge on any atom is 0.279 e. The molecule has 1 aliphatic rings. The lowest BCUT2D eigenvalue weighted by molar-refractivity contribution is -0.118. The minimum absolute atomic E-state index is 0.0349. The number of sulfone groups is 1. The highest BCUT2D eigenvalue weighted by Crippen LogP contribution is 2.35. The van der Waals surface area contributed by atoms with Crippen molar-refractivity contribution in [3.63, 3.8) is 0 Å². The van der Waals surface area contributed by atoms with Gasteiger partial charge in [0, 0.05) is 5.69 Å². The van der Waals surface area contributed by atoms with E-state index in [0.717, 1.165) is 5.56 Å². The normalized spacial score (nSPS) is 21.2. The number of amides is 1. The molecule has 0 radical (unpaired) electrons. The molecule has 1 aromatic carbocycles. The fraction of sp³-hybridized carbons (Fsp3) is 0.462. The third-order valence-corrected chi connectivity index (χ3v) is 5.65. The highest BCUT2D eigenvalue weighted by molar-refractivity contribution is 7.91. The predicted octanol–water partition coefficient (Wildman–Crippen LogP) is 2.89. The van der Waals surface area contributed by atoms with Crippen molar-refractivity contribution >= 4 is 56.2 Å². The zero-order valence-corrected chi connectivity index (χ0v) is 14.3. The maximum atomic E-state index is 12.5. The lowest BCUT2D eigenvalue weighted by Gasteiger charge is -2.32. The maximum absolute atomic E-state index is 12.5. The SMILES string of the molecule is Cc1ccccc1N(C(=O)C(Cl)(Cl)Cl)C1CCS(=O)(=O)C1. The van der Waals surface area contributed by atoms with Crippen LogP contribution in [0.25, 0.3) is 0 Å². The standard InChI is InChI=1S/C13H14Cl3NO3S/c1-9-4-2-3-5-11(9)17(12(18)13(14,15)16)10-6-7-21(19,20)8-10/h2-5,10H,6-8H2,1H3. The molecule has 1 aliphatic heterocycles. The van der Waals surface area contributed by atoms with Crippen molar-refractivity contribution in [1.82, 2.24) is 0 Å². The molecular formula is C13H14Cl3NO3S. The summed E-state index contributed by atoms with van der Waals surface area (Å²) in [4.78, 5) is 13.8. The number of halogens is 3.